The van der Waals surface area contributed by atoms with Crippen molar-refractivity contribution in [2.45, 2.75) is 226 Å². The Labute approximate surface area is 288 Å². The molecule has 0 radical (unpaired) electrons. The highest BCUT2D eigenvalue weighted by Gasteiger charge is 2.08. The van der Waals surface area contributed by atoms with Crippen LogP contribution in [0.5, 0.6) is 0 Å². The number of rotatable bonds is 36. The minimum Gasteiger partial charge on any atom is -0.478 e. The number of esters is 1. The zero-order chi connectivity index (χ0) is 34.2. The van der Waals surface area contributed by atoms with E-state index < -0.39 is 5.97 Å². The van der Waals surface area contributed by atoms with E-state index in [1.807, 2.05) is 0 Å². The van der Waals surface area contributed by atoms with E-state index in [4.69, 9.17) is 9.84 Å². The van der Waals surface area contributed by atoms with Crippen LogP contribution >= 0.6 is 0 Å². The molecule has 0 amide bonds. The molecule has 46 heavy (non-hydrogen) atoms. The standard InChI is InChI=1S/C39H76O2.C3H4O2/c1-4-6-8-10-12-14-16-18-20-22-24-26-28-30-32-34-36-38(3)39(40)41-37-35-33-31-29-27-25-23-21-19-17-15-13-11-9-7-5-2;1-2-3(4)5/h3-37H2,1-2H3;2H,1H2,(H,4,5). The summed E-state index contributed by atoms with van der Waals surface area (Å²) in [6.45, 7) is 12.1. The minimum absolute atomic E-state index is 0.160. The molecule has 1 N–H and O–H groups in total. The van der Waals surface area contributed by atoms with E-state index in [1.165, 1.54) is 193 Å². The molecule has 0 saturated heterocycles. The molecule has 0 atom stereocenters. The Bertz CT molecular complexity index is 656. The van der Waals surface area contributed by atoms with Gasteiger partial charge in [-0.2, -0.15) is 0 Å². The molecule has 0 heterocycles. The summed E-state index contributed by atoms with van der Waals surface area (Å²) in [5.74, 6) is -1.14. The summed E-state index contributed by atoms with van der Waals surface area (Å²) in [7, 11) is 0. The van der Waals surface area contributed by atoms with Crippen LogP contribution in [0.4, 0.5) is 0 Å². The molecule has 0 aromatic carbocycles. The number of carboxylic acids is 1. The van der Waals surface area contributed by atoms with Crippen molar-refractivity contribution in [1.29, 1.82) is 0 Å². The number of unbranched alkanes of at least 4 members (excludes halogenated alkanes) is 30. The minimum atomic E-state index is -0.981. The third-order valence-corrected chi connectivity index (χ3v) is 9.03. The first-order valence-electron chi connectivity index (χ1n) is 20.2. The lowest BCUT2D eigenvalue weighted by Gasteiger charge is -2.08. The van der Waals surface area contributed by atoms with Crippen LogP contribution < -0.4 is 0 Å². The predicted molar refractivity (Wildman–Crippen MR) is 202 cm³/mol. The van der Waals surface area contributed by atoms with E-state index in [9.17, 15) is 9.59 Å². The third kappa shape index (κ3) is 42.4. The van der Waals surface area contributed by atoms with Crippen LogP contribution in [-0.4, -0.2) is 23.7 Å². The first kappa shape index (κ1) is 46.5. The van der Waals surface area contributed by atoms with Gasteiger partial charge >= 0.3 is 11.9 Å². The number of carboxylic acid groups (broad SMARTS) is 1. The Kier molecular flexibility index (Phi) is 41.9. The molecule has 0 aromatic rings. The molecule has 0 spiro atoms. The molecule has 0 fully saturated rings. The molecule has 0 aliphatic heterocycles. The van der Waals surface area contributed by atoms with Gasteiger partial charge in [0.05, 0.1) is 6.61 Å². The quantitative estimate of drug-likeness (QED) is 0.0417. The van der Waals surface area contributed by atoms with Crippen LogP contribution in [0, 0.1) is 0 Å². The topological polar surface area (TPSA) is 63.6 Å². The van der Waals surface area contributed by atoms with Gasteiger partial charge in [-0.25, -0.2) is 9.59 Å². The van der Waals surface area contributed by atoms with Gasteiger partial charge in [0.2, 0.25) is 0 Å². The molecule has 0 saturated carbocycles. The average Bonchev–Trinajstić information content (AvgIpc) is 3.06. The molecule has 0 aromatic heterocycles. The molecule has 0 unspecified atom stereocenters. The van der Waals surface area contributed by atoms with Gasteiger partial charge in [-0.15, -0.1) is 0 Å². The zero-order valence-corrected chi connectivity index (χ0v) is 31.2. The van der Waals surface area contributed by atoms with Crippen molar-refractivity contribution in [2.75, 3.05) is 6.61 Å². The SMILES string of the molecule is C=C(CCCCCCCCCCCCCCCCCC)C(=O)OCCCCCCCCCCCCCCCCCC.C=CC(=O)O. The number of ether oxygens (including phenoxy) is 1. The maximum absolute atomic E-state index is 12.2. The smallest absolute Gasteiger partial charge is 0.333 e. The van der Waals surface area contributed by atoms with Gasteiger partial charge in [-0.3, -0.25) is 0 Å². The van der Waals surface area contributed by atoms with E-state index in [0.29, 0.717) is 12.2 Å². The molecule has 0 bridgehead atoms. The van der Waals surface area contributed by atoms with E-state index in [1.54, 1.807) is 0 Å². The van der Waals surface area contributed by atoms with E-state index >= 15 is 0 Å². The van der Waals surface area contributed by atoms with Crippen molar-refractivity contribution in [2.24, 2.45) is 0 Å². The van der Waals surface area contributed by atoms with Crippen LogP contribution in [0.3, 0.4) is 0 Å². The number of hydrogen-bond acceptors (Lipinski definition) is 3. The second-order valence-electron chi connectivity index (χ2n) is 13.6. The fourth-order valence-corrected chi connectivity index (χ4v) is 5.91. The van der Waals surface area contributed by atoms with Crippen molar-refractivity contribution in [1.82, 2.24) is 0 Å². The number of carbonyl (C=O) groups excluding carboxylic acids is 1. The molecular weight excluding hydrogens is 568 g/mol. The van der Waals surface area contributed by atoms with Crippen LogP contribution in [0.1, 0.15) is 226 Å². The maximum Gasteiger partial charge on any atom is 0.333 e. The largest absolute Gasteiger partial charge is 0.478 e. The summed E-state index contributed by atoms with van der Waals surface area (Å²) >= 11 is 0. The highest BCUT2D eigenvalue weighted by Crippen LogP contribution is 2.16. The van der Waals surface area contributed by atoms with Gasteiger partial charge in [-0.05, 0) is 19.3 Å². The molecule has 0 aliphatic carbocycles. The lowest BCUT2D eigenvalue weighted by Crippen LogP contribution is -2.08. The van der Waals surface area contributed by atoms with Gasteiger partial charge in [0.15, 0.2) is 0 Å². The first-order chi connectivity index (χ1) is 22.5. The van der Waals surface area contributed by atoms with Crippen molar-refractivity contribution in [3.63, 3.8) is 0 Å². The fourth-order valence-electron chi connectivity index (χ4n) is 5.91. The normalized spacial score (nSPS) is 10.7. The predicted octanol–water partition coefficient (Wildman–Crippen LogP) is 14.3. The highest BCUT2D eigenvalue weighted by molar-refractivity contribution is 5.87. The van der Waals surface area contributed by atoms with Crippen LogP contribution in [0.2, 0.25) is 0 Å². The monoisotopic (exact) mass is 649 g/mol. The van der Waals surface area contributed by atoms with Gasteiger partial charge in [0, 0.05) is 11.6 Å². The number of carbonyl (C=O) groups is 2. The van der Waals surface area contributed by atoms with Crippen LogP contribution in [-0.2, 0) is 14.3 Å². The number of hydrogen-bond donors (Lipinski definition) is 1. The second kappa shape index (κ2) is 41.4. The Morgan fingerprint density at radius 2 is 0.717 bits per heavy atom. The van der Waals surface area contributed by atoms with Crippen LogP contribution in [0.25, 0.3) is 0 Å². The maximum atomic E-state index is 12.2. The van der Waals surface area contributed by atoms with E-state index in [2.05, 4.69) is 27.0 Å². The lowest BCUT2D eigenvalue weighted by atomic mass is 10.0. The summed E-state index contributed by atoms with van der Waals surface area (Å²) in [5.41, 5.74) is 0.673. The summed E-state index contributed by atoms with van der Waals surface area (Å²) < 4.78 is 5.46. The summed E-state index contributed by atoms with van der Waals surface area (Å²) in [6, 6.07) is 0. The van der Waals surface area contributed by atoms with Crippen molar-refractivity contribution >= 4 is 11.9 Å². The molecule has 4 nitrogen and oxygen atoms in total. The van der Waals surface area contributed by atoms with Crippen molar-refractivity contribution < 1.29 is 19.4 Å². The van der Waals surface area contributed by atoms with Gasteiger partial charge in [0.1, 0.15) is 0 Å². The molecule has 4 heteroatoms. The summed E-state index contributed by atoms with van der Waals surface area (Å²) in [4.78, 5) is 21.4. The molecular formula is C42H80O4. The molecule has 0 rings (SSSR count). The Morgan fingerprint density at radius 1 is 0.478 bits per heavy atom. The first-order valence-corrected chi connectivity index (χ1v) is 20.2. The lowest BCUT2D eigenvalue weighted by molar-refractivity contribution is -0.139. The van der Waals surface area contributed by atoms with E-state index in [-0.39, 0.29) is 5.97 Å². The number of aliphatic carboxylic acids is 1. The zero-order valence-electron chi connectivity index (χ0n) is 31.2. The van der Waals surface area contributed by atoms with Crippen LogP contribution in [0.15, 0.2) is 24.8 Å². The van der Waals surface area contributed by atoms with Gasteiger partial charge in [-0.1, -0.05) is 220 Å². The third-order valence-electron chi connectivity index (χ3n) is 9.03. The van der Waals surface area contributed by atoms with Crippen molar-refractivity contribution in [3.8, 4) is 0 Å². The Hall–Kier alpha value is -1.58. The summed E-state index contributed by atoms with van der Waals surface area (Å²) in [5, 5.41) is 7.60. The average molecular weight is 649 g/mol. The summed E-state index contributed by atoms with van der Waals surface area (Å²) in [6.07, 6.45) is 45.4. The Morgan fingerprint density at radius 3 is 0.978 bits per heavy atom. The second-order valence-corrected chi connectivity index (χ2v) is 13.6. The fraction of sp³-hybridized carbons (Fsp3) is 0.857. The highest BCUT2D eigenvalue weighted by atomic mass is 16.5. The van der Waals surface area contributed by atoms with Gasteiger partial charge < -0.3 is 9.84 Å². The molecule has 272 valence electrons. The van der Waals surface area contributed by atoms with Gasteiger partial charge in [0.25, 0.3) is 0 Å². The van der Waals surface area contributed by atoms with E-state index in [0.717, 1.165) is 25.3 Å². The Balaban J connectivity index is 0. The molecule has 0 aliphatic rings. The van der Waals surface area contributed by atoms with Crippen molar-refractivity contribution in [3.05, 3.63) is 24.8 Å².